The van der Waals surface area contributed by atoms with Crippen molar-refractivity contribution < 1.29 is 0 Å². The summed E-state index contributed by atoms with van der Waals surface area (Å²) in [5.74, 6) is 0.572. The number of H-pyrrole nitrogens is 1. The molecule has 132 valence electrons. The highest BCUT2D eigenvalue weighted by atomic mass is 15.2. The Morgan fingerprint density at radius 2 is 1.93 bits per heavy atom. The lowest BCUT2D eigenvalue weighted by atomic mass is 10.1. The highest BCUT2D eigenvalue weighted by Crippen LogP contribution is 2.22. The van der Waals surface area contributed by atoms with Crippen LogP contribution in [0.25, 0.3) is 27.8 Å². The van der Waals surface area contributed by atoms with Crippen molar-refractivity contribution in [3.05, 3.63) is 72.8 Å². The predicted molar refractivity (Wildman–Crippen MR) is 105 cm³/mol. The van der Waals surface area contributed by atoms with Gasteiger partial charge in [0, 0.05) is 5.39 Å². The highest BCUT2D eigenvalue weighted by molar-refractivity contribution is 5.81. The molecule has 0 aliphatic heterocycles. The monoisotopic (exact) mass is 355 g/mol. The Morgan fingerprint density at radius 3 is 2.81 bits per heavy atom. The van der Waals surface area contributed by atoms with Crippen molar-refractivity contribution in [2.75, 3.05) is 5.32 Å². The van der Waals surface area contributed by atoms with Crippen molar-refractivity contribution in [1.29, 1.82) is 0 Å². The van der Waals surface area contributed by atoms with Crippen LogP contribution < -0.4 is 5.32 Å². The molecule has 0 radical (unpaired) electrons. The van der Waals surface area contributed by atoms with Crippen LogP contribution >= 0.6 is 0 Å². The van der Waals surface area contributed by atoms with Crippen LogP contribution in [0.3, 0.4) is 0 Å². The number of hydrogen-bond acceptors (Lipinski definition) is 5. The van der Waals surface area contributed by atoms with Gasteiger partial charge in [0.25, 0.3) is 0 Å². The van der Waals surface area contributed by atoms with Crippen molar-refractivity contribution >= 4 is 28.0 Å². The zero-order valence-corrected chi connectivity index (χ0v) is 14.7. The van der Waals surface area contributed by atoms with Crippen molar-refractivity contribution in [3.63, 3.8) is 0 Å². The number of hydrogen-bond donors (Lipinski definition) is 2. The lowest BCUT2D eigenvalue weighted by molar-refractivity contribution is 0.862. The third kappa shape index (κ3) is 2.79. The van der Waals surface area contributed by atoms with Gasteiger partial charge in [-0.2, -0.15) is 10.1 Å². The number of fused-ring (bicyclic) bond motifs is 2. The Labute approximate surface area is 155 Å². The van der Waals surface area contributed by atoms with E-state index in [0.717, 1.165) is 27.8 Å². The summed E-state index contributed by atoms with van der Waals surface area (Å²) in [6.45, 7) is 2.09. The topological polar surface area (TPSA) is 84.3 Å². The molecular formula is C20H17N7. The standard InChI is InChI=1S/C20H17N7/c1-13(14-5-3-2-4-6-14)24-20-21-11-18-19(25-20)27(12-22-18)16-8-7-15-10-23-26-17(15)9-16/h2-13H,1H3,(H,23,26)(H,21,24,25)/t13-/m1/s1. The predicted octanol–water partition coefficient (Wildman–Crippen LogP) is 3.86. The molecule has 5 rings (SSSR count). The molecule has 0 saturated carbocycles. The lowest BCUT2D eigenvalue weighted by Gasteiger charge is -2.14. The minimum atomic E-state index is 0.0985. The van der Waals surface area contributed by atoms with Gasteiger partial charge >= 0.3 is 0 Å². The van der Waals surface area contributed by atoms with E-state index >= 15 is 0 Å². The van der Waals surface area contributed by atoms with E-state index < -0.39 is 0 Å². The van der Waals surface area contributed by atoms with Gasteiger partial charge in [-0.3, -0.25) is 9.67 Å². The van der Waals surface area contributed by atoms with Crippen molar-refractivity contribution in [1.82, 2.24) is 29.7 Å². The maximum Gasteiger partial charge on any atom is 0.225 e. The summed E-state index contributed by atoms with van der Waals surface area (Å²) >= 11 is 0. The summed E-state index contributed by atoms with van der Waals surface area (Å²) in [5.41, 5.74) is 4.62. The zero-order valence-electron chi connectivity index (χ0n) is 14.7. The SMILES string of the molecule is C[C@@H](Nc1ncc2ncn(-c3ccc4cn[nH]c4c3)c2n1)c1ccccc1. The van der Waals surface area contributed by atoms with Crippen LogP contribution in [0.1, 0.15) is 18.5 Å². The fraction of sp³-hybridized carbons (Fsp3) is 0.100. The van der Waals surface area contributed by atoms with Gasteiger partial charge in [0.05, 0.1) is 29.6 Å². The third-order valence-corrected chi connectivity index (χ3v) is 4.64. The molecular weight excluding hydrogens is 338 g/mol. The van der Waals surface area contributed by atoms with Crippen molar-refractivity contribution in [2.45, 2.75) is 13.0 Å². The van der Waals surface area contributed by atoms with Crippen molar-refractivity contribution in [2.24, 2.45) is 0 Å². The van der Waals surface area contributed by atoms with E-state index in [1.54, 1.807) is 18.7 Å². The number of nitrogens with one attached hydrogen (secondary N) is 2. The first kappa shape index (κ1) is 15.5. The summed E-state index contributed by atoms with van der Waals surface area (Å²) in [7, 11) is 0. The van der Waals surface area contributed by atoms with E-state index in [1.165, 1.54) is 5.56 Å². The number of benzene rings is 2. The summed E-state index contributed by atoms with van der Waals surface area (Å²) in [5, 5.41) is 11.5. The largest absolute Gasteiger partial charge is 0.348 e. The van der Waals surface area contributed by atoms with Crippen LogP contribution in [0.5, 0.6) is 0 Å². The summed E-state index contributed by atoms with van der Waals surface area (Å²) in [4.78, 5) is 13.5. The van der Waals surface area contributed by atoms with Gasteiger partial charge in [-0.15, -0.1) is 0 Å². The Bertz CT molecular complexity index is 1220. The van der Waals surface area contributed by atoms with E-state index in [1.807, 2.05) is 41.0 Å². The van der Waals surface area contributed by atoms with Gasteiger partial charge in [0.1, 0.15) is 11.8 Å². The van der Waals surface area contributed by atoms with E-state index in [9.17, 15) is 0 Å². The minimum Gasteiger partial charge on any atom is -0.348 e. The first-order chi connectivity index (χ1) is 13.3. The van der Waals surface area contributed by atoms with E-state index in [4.69, 9.17) is 4.98 Å². The Balaban J connectivity index is 1.52. The molecule has 0 spiro atoms. The summed E-state index contributed by atoms with van der Waals surface area (Å²) in [6.07, 6.45) is 5.31. The van der Waals surface area contributed by atoms with Crippen LogP contribution in [0.2, 0.25) is 0 Å². The second kappa shape index (κ2) is 6.21. The second-order valence-electron chi connectivity index (χ2n) is 6.44. The molecule has 7 nitrogen and oxygen atoms in total. The molecule has 27 heavy (non-hydrogen) atoms. The number of nitrogens with zero attached hydrogens (tertiary/aromatic N) is 5. The smallest absolute Gasteiger partial charge is 0.225 e. The van der Waals surface area contributed by atoms with Gasteiger partial charge < -0.3 is 5.32 Å². The molecule has 0 fully saturated rings. The van der Waals surface area contributed by atoms with E-state index in [2.05, 4.69) is 44.5 Å². The number of aromatic nitrogens is 6. The molecule has 2 aromatic carbocycles. The quantitative estimate of drug-likeness (QED) is 0.511. The number of rotatable bonds is 4. The van der Waals surface area contributed by atoms with Crippen LogP contribution in [0.15, 0.2) is 67.3 Å². The molecule has 3 aromatic heterocycles. The molecule has 1 atom stereocenters. The minimum absolute atomic E-state index is 0.0985. The normalized spacial score (nSPS) is 12.5. The molecule has 2 N–H and O–H groups in total. The van der Waals surface area contributed by atoms with E-state index in [-0.39, 0.29) is 6.04 Å². The molecule has 7 heteroatoms. The number of anilines is 1. The van der Waals surface area contributed by atoms with Crippen LogP contribution in [0, 0.1) is 0 Å². The molecule has 0 unspecified atom stereocenters. The molecule has 0 aliphatic rings. The maximum absolute atomic E-state index is 4.70. The van der Waals surface area contributed by atoms with Gasteiger partial charge in [0.2, 0.25) is 5.95 Å². The third-order valence-electron chi connectivity index (χ3n) is 4.64. The number of imidazole rings is 1. The highest BCUT2D eigenvalue weighted by Gasteiger charge is 2.11. The molecule has 0 amide bonds. The number of aromatic amines is 1. The average Bonchev–Trinajstić information content (AvgIpc) is 3.34. The fourth-order valence-corrected chi connectivity index (χ4v) is 3.16. The summed E-state index contributed by atoms with van der Waals surface area (Å²) in [6, 6.07) is 16.4. The Kier molecular flexibility index (Phi) is 3.57. The Hall–Kier alpha value is -3.74. The molecule has 0 aliphatic carbocycles. The molecule has 5 aromatic rings. The molecule has 0 saturated heterocycles. The lowest BCUT2D eigenvalue weighted by Crippen LogP contribution is -2.09. The fourth-order valence-electron chi connectivity index (χ4n) is 3.16. The van der Waals surface area contributed by atoms with Crippen LogP contribution in [-0.2, 0) is 0 Å². The first-order valence-corrected chi connectivity index (χ1v) is 8.73. The Morgan fingerprint density at radius 1 is 1.04 bits per heavy atom. The van der Waals surface area contributed by atoms with Gasteiger partial charge in [-0.1, -0.05) is 30.3 Å². The zero-order chi connectivity index (χ0) is 18.2. The van der Waals surface area contributed by atoms with Gasteiger partial charge in [-0.25, -0.2) is 9.97 Å². The van der Waals surface area contributed by atoms with E-state index in [0.29, 0.717) is 5.95 Å². The summed E-state index contributed by atoms with van der Waals surface area (Å²) < 4.78 is 1.95. The average molecular weight is 355 g/mol. The second-order valence-corrected chi connectivity index (χ2v) is 6.44. The van der Waals surface area contributed by atoms with Gasteiger partial charge in [0.15, 0.2) is 5.65 Å². The van der Waals surface area contributed by atoms with Crippen LogP contribution in [0.4, 0.5) is 5.95 Å². The van der Waals surface area contributed by atoms with Gasteiger partial charge in [-0.05, 0) is 30.7 Å². The molecule has 0 bridgehead atoms. The first-order valence-electron chi connectivity index (χ1n) is 8.73. The van der Waals surface area contributed by atoms with Crippen molar-refractivity contribution in [3.8, 4) is 5.69 Å². The van der Waals surface area contributed by atoms with Crippen LogP contribution in [-0.4, -0.2) is 29.7 Å². The molecule has 3 heterocycles. The maximum atomic E-state index is 4.70.